The lowest BCUT2D eigenvalue weighted by atomic mass is 10.2. The number of rotatable bonds is 7. The van der Waals surface area contributed by atoms with Crippen molar-refractivity contribution in [2.75, 3.05) is 31.6 Å². The van der Waals surface area contributed by atoms with E-state index in [9.17, 15) is 4.79 Å². The van der Waals surface area contributed by atoms with E-state index in [1.54, 1.807) is 23.7 Å². The van der Waals surface area contributed by atoms with Crippen LogP contribution in [0.15, 0.2) is 62.9 Å². The van der Waals surface area contributed by atoms with E-state index in [1.807, 2.05) is 12.3 Å². The molecule has 1 unspecified atom stereocenters. The number of hydrogen-bond acceptors (Lipinski definition) is 3. The average molecular weight is 574 g/mol. The number of anilines is 1. The highest BCUT2D eigenvalue weighted by Crippen LogP contribution is 2.22. The Morgan fingerprint density at radius 2 is 2.00 bits per heavy atom. The van der Waals surface area contributed by atoms with Crippen LogP contribution >= 0.6 is 39.9 Å². The van der Waals surface area contributed by atoms with Gasteiger partial charge in [0.15, 0.2) is 5.96 Å². The highest BCUT2D eigenvalue weighted by atomic mass is 127. The second kappa shape index (κ2) is 12.2. The topological polar surface area (TPSA) is 61.7 Å². The maximum absolute atomic E-state index is 11.7. The summed E-state index contributed by atoms with van der Waals surface area (Å²) in [5.74, 6) is 0.847. The number of pyridine rings is 1. The van der Waals surface area contributed by atoms with Crippen LogP contribution in [0.25, 0.3) is 0 Å². The molecule has 0 saturated carbocycles. The monoisotopic (exact) mass is 573 g/mol. The van der Waals surface area contributed by atoms with Crippen LogP contribution in [0.4, 0.5) is 5.69 Å². The summed E-state index contributed by atoms with van der Waals surface area (Å²) >= 11 is 3.49. The van der Waals surface area contributed by atoms with E-state index >= 15 is 0 Å². The minimum Gasteiger partial charge on any atom is -0.369 e. The van der Waals surface area contributed by atoms with Crippen molar-refractivity contribution in [3.05, 3.63) is 63.5 Å². The Kier molecular flexibility index (Phi) is 9.99. The van der Waals surface area contributed by atoms with Crippen molar-refractivity contribution >= 4 is 51.6 Å². The largest absolute Gasteiger partial charge is 0.369 e. The second-order valence-electron chi connectivity index (χ2n) is 6.99. The lowest BCUT2D eigenvalue weighted by Crippen LogP contribution is -2.44. The first-order valence-corrected chi connectivity index (χ1v) is 10.6. The van der Waals surface area contributed by atoms with Gasteiger partial charge in [-0.05, 0) is 49.6 Å². The minimum atomic E-state index is 0. The highest BCUT2D eigenvalue weighted by Gasteiger charge is 2.23. The quantitative estimate of drug-likeness (QED) is 0.230. The number of hydrogen-bond donors (Lipinski definition) is 2. The SMILES string of the molecule is CN=C(NCCCCn1ccccc1=O)NC1CCN(c2ccc(Br)cc2)C1.I. The molecule has 1 aliphatic rings. The van der Waals surface area contributed by atoms with E-state index in [0.29, 0.717) is 6.04 Å². The summed E-state index contributed by atoms with van der Waals surface area (Å²) in [6, 6.07) is 14.1. The minimum absolute atomic E-state index is 0. The summed E-state index contributed by atoms with van der Waals surface area (Å²) in [4.78, 5) is 18.4. The Morgan fingerprint density at radius 1 is 1.21 bits per heavy atom. The fourth-order valence-electron chi connectivity index (χ4n) is 3.41. The highest BCUT2D eigenvalue weighted by molar-refractivity contribution is 14.0. The molecule has 1 atom stereocenters. The maximum Gasteiger partial charge on any atom is 0.250 e. The third-order valence-electron chi connectivity index (χ3n) is 4.96. The van der Waals surface area contributed by atoms with Crippen LogP contribution < -0.4 is 21.1 Å². The Labute approximate surface area is 197 Å². The van der Waals surface area contributed by atoms with Crippen LogP contribution in [0.3, 0.4) is 0 Å². The summed E-state index contributed by atoms with van der Waals surface area (Å²) in [7, 11) is 1.81. The first-order valence-electron chi connectivity index (χ1n) is 9.79. The first-order chi connectivity index (χ1) is 13.7. The van der Waals surface area contributed by atoms with E-state index in [4.69, 9.17) is 0 Å². The Bertz CT molecular complexity index is 839. The van der Waals surface area contributed by atoms with Gasteiger partial charge in [-0.1, -0.05) is 22.0 Å². The molecule has 2 heterocycles. The predicted octanol–water partition coefficient (Wildman–Crippen LogP) is 3.45. The molecule has 1 aromatic heterocycles. The van der Waals surface area contributed by atoms with Crippen molar-refractivity contribution in [1.29, 1.82) is 0 Å². The van der Waals surface area contributed by atoms with Crippen LogP contribution in [0.1, 0.15) is 19.3 Å². The summed E-state index contributed by atoms with van der Waals surface area (Å²) < 4.78 is 2.86. The molecule has 3 rings (SSSR count). The van der Waals surface area contributed by atoms with Crippen LogP contribution in [-0.2, 0) is 6.54 Å². The first kappa shape index (κ1) is 23.7. The maximum atomic E-state index is 11.7. The van der Waals surface area contributed by atoms with Gasteiger partial charge in [0.05, 0.1) is 0 Å². The normalized spacial score (nSPS) is 16.4. The molecule has 2 N–H and O–H groups in total. The number of unbranched alkanes of at least 4 members (excludes halogenated alkanes) is 1. The average Bonchev–Trinajstić information content (AvgIpc) is 3.17. The number of guanidine groups is 1. The Morgan fingerprint density at radius 3 is 2.72 bits per heavy atom. The molecule has 2 aromatic rings. The van der Waals surface area contributed by atoms with Crippen molar-refractivity contribution < 1.29 is 0 Å². The molecule has 29 heavy (non-hydrogen) atoms. The number of nitrogens with one attached hydrogen (secondary N) is 2. The number of aromatic nitrogens is 1. The van der Waals surface area contributed by atoms with Gasteiger partial charge in [0, 0.05) is 61.7 Å². The van der Waals surface area contributed by atoms with Gasteiger partial charge in [-0.2, -0.15) is 0 Å². The van der Waals surface area contributed by atoms with Crippen molar-refractivity contribution in [3.8, 4) is 0 Å². The molecule has 0 aliphatic carbocycles. The predicted molar refractivity (Wildman–Crippen MR) is 135 cm³/mol. The van der Waals surface area contributed by atoms with Crippen LogP contribution in [0.2, 0.25) is 0 Å². The molecule has 1 saturated heterocycles. The number of benzene rings is 1. The van der Waals surface area contributed by atoms with E-state index in [-0.39, 0.29) is 29.5 Å². The fraction of sp³-hybridized carbons (Fsp3) is 0.429. The molecule has 1 fully saturated rings. The van der Waals surface area contributed by atoms with E-state index in [2.05, 4.69) is 60.7 Å². The zero-order valence-electron chi connectivity index (χ0n) is 16.7. The zero-order valence-corrected chi connectivity index (χ0v) is 20.6. The van der Waals surface area contributed by atoms with Gasteiger partial charge < -0.3 is 20.1 Å². The van der Waals surface area contributed by atoms with Gasteiger partial charge in [0.25, 0.3) is 0 Å². The number of nitrogens with zero attached hydrogens (tertiary/aromatic N) is 3. The summed E-state index contributed by atoms with van der Waals surface area (Å²) in [6.07, 6.45) is 4.87. The summed E-state index contributed by atoms with van der Waals surface area (Å²) in [6.45, 7) is 3.60. The molecule has 1 aliphatic heterocycles. The smallest absolute Gasteiger partial charge is 0.250 e. The van der Waals surface area contributed by atoms with E-state index in [1.165, 1.54) is 5.69 Å². The van der Waals surface area contributed by atoms with Gasteiger partial charge in [-0.3, -0.25) is 9.79 Å². The molecule has 0 bridgehead atoms. The van der Waals surface area contributed by atoms with Crippen molar-refractivity contribution in [3.63, 3.8) is 0 Å². The van der Waals surface area contributed by atoms with E-state index < -0.39 is 0 Å². The molecule has 8 heteroatoms. The molecular weight excluding hydrogens is 545 g/mol. The van der Waals surface area contributed by atoms with Gasteiger partial charge in [-0.25, -0.2) is 0 Å². The standard InChI is InChI=1S/C21H28BrN5O.HI/c1-23-21(24-12-3-5-14-26-13-4-2-6-20(26)28)25-18-11-15-27(16-18)19-9-7-17(22)8-10-19;/h2,4,6-10,13,18H,3,5,11-12,14-16H2,1H3,(H2,23,24,25);1H. The zero-order chi connectivity index (χ0) is 19.8. The van der Waals surface area contributed by atoms with Gasteiger partial charge >= 0.3 is 0 Å². The lowest BCUT2D eigenvalue weighted by molar-refractivity contribution is 0.580. The molecule has 6 nitrogen and oxygen atoms in total. The number of aliphatic imine (C=N–C) groups is 1. The third-order valence-corrected chi connectivity index (χ3v) is 5.49. The molecule has 0 spiro atoms. The molecule has 158 valence electrons. The van der Waals surface area contributed by atoms with Gasteiger partial charge in [-0.15, -0.1) is 24.0 Å². The Balaban J connectivity index is 0.00000300. The fourth-order valence-corrected chi connectivity index (χ4v) is 3.68. The van der Waals surface area contributed by atoms with Gasteiger partial charge in [0.2, 0.25) is 5.56 Å². The summed E-state index contributed by atoms with van der Waals surface area (Å²) in [5.41, 5.74) is 1.32. The van der Waals surface area contributed by atoms with Crippen LogP contribution in [0, 0.1) is 0 Å². The molecule has 1 aromatic carbocycles. The number of halogens is 2. The van der Waals surface area contributed by atoms with E-state index in [0.717, 1.165) is 55.9 Å². The third kappa shape index (κ3) is 7.33. The Hall–Kier alpha value is -1.55. The molecule has 0 radical (unpaired) electrons. The van der Waals surface area contributed by atoms with Crippen LogP contribution in [-0.4, -0.2) is 43.3 Å². The molecular formula is C21H29BrIN5O. The summed E-state index contributed by atoms with van der Waals surface area (Å²) in [5, 5.41) is 6.91. The second-order valence-corrected chi connectivity index (χ2v) is 7.91. The van der Waals surface area contributed by atoms with Crippen molar-refractivity contribution in [2.45, 2.75) is 31.8 Å². The van der Waals surface area contributed by atoms with Crippen molar-refractivity contribution in [2.24, 2.45) is 4.99 Å². The van der Waals surface area contributed by atoms with Gasteiger partial charge in [0.1, 0.15) is 0 Å². The van der Waals surface area contributed by atoms with Crippen molar-refractivity contribution in [1.82, 2.24) is 15.2 Å². The lowest BCUT2D eigenvalue weighted by Gasteiger charge is -2.20. The number of aryl methyl sites for hydroxylation is 1. The molecule has 0 amide bonds. The van der Waals surface area contributed by atoms with Crippen LogP contribution in [0.5, 0.6) is 0 Å².